The Morgan fingerprint density at radius 2 is 1.82 bits per heavy atom. The van der Waals surface area contributed by atoms with E-state index in [0.717, 1.165) is 5.56 Å². The first-order valence-electron chi connectivity index (χ1n) is 10.8. The Balaban J connectivity index is 2.15. The van der Waals surface area contributed by atoms with Crippen LogP contribution in [0.15, 0.2) is 64.5 Å². The molecule has 0 fully saturated rings. The molecule has 0 unspecified atom stereocenters. The van der Waals surface area contributed by atoms with Crippen LogP contribution in [-0.2, 0) is 11.3 Å². The Morgan fingerprint density at radius 3 is 2.52 bits per heavy atom. The first-order chi connectivity index (χ1) is 16.0. The minimum Gasteiger partial charge on any atom is -0.462 e. The van der Waals surface area contributed by atoms with E-state index >= 15 is 0 Å². The van der Waals surface area contributed by atoms with Crippen LogP contribution < -0.4 is 11.0 Å². The number of benzene rings is 1. The fraction of sp³-hybridized carbons (Fsp3) is 0.240. The van der Waals surface area contributed by atoms with Crippen LogP contribution in [0, 0.1) is 6.92 Å². The lowest BCUT2D eigenvalue weighted by atomic mass is 10.2. The van der Waals surface area contributed by atoms with E-state index in [1.54, 1.807) is 54.1 Å². The second kappa shape index (κ2) is 9.20. The van der Waals surface area contributed by atoms with Crippen molar-refractivity contribution in [3.05, 3.63) is 87.3 Å². The van der Waals surface area contributed by atoms with E-state index in [0.29, 0.717) is 29.8 Å². The predicted octanol–water partition coefficient (Wildman–Crippen LogP) is 3.29. The lowest BCUT2D eigenvalue weighted by Gasteiger charge is -2.15. The lowest BCUT2D eigenvalue weighted by Crippen LogP contribution is -2.32. The van der Waals surface area contributed by atoms with Gasteiger partial charge in [-0.05, 0) is 50.1 Å². The number of hydrogen-bond acceptors (Lipinski definition) is 5. The minimum atomic E-state index is -0.655. The lowest BCUT2D eigenvalue weighted by molar-refractivity contribution is 0.0523. The molecule has 0 N–H and O–H groups in total. The van der Waals surface area contributed by atoms with Crippen LogP contribution in [0.5, 0.6) is 0 Å². The third-order valence-electron chi connectivity index (χ3n) is 5.28. The number of carbonyl (C=O) groups is 2. The number of aromatic nitrogens is 3. The zero-order chi connectivity index (χ0) is 23.5. The second-order valence-corrected chi connectivity index (χ2v) is 7.58. The van der Waals surface area contributed by atoms with Crippen molar-refractivity contribution in [2.45, 2.75) is 33.7 Å². The van der Waals surface area contributed by atoms with Gasteiger partial charge in [-0.25, -0.2) is 9.78 Å². The smallest absolute Gasteiger partial charge is 0.341 e. The highest BCUT2D eigenvalue weighted by molar-refractivity contribution is 5.97. The molecule has 8 heteroatoms. The molecule has 33 heavy (non-hydrogen) atoms. The number of amides is 1. The molecular formula is C25H24N4O4. The van der Waals surface area contributed by atoms with Crippen molar-refractivity contribution >= 4 is 28.6 Å². The average Bonchev–Trinajstić information content (AvgIpc) is 2.82. The van der Waals surface area contributed by atoms with Gasteiger partial charge in [0.25, 0.3) is 11.5 Å². The van der Waals surface area contributed by atoms with Crippen LogP contribution in [0.1, 0.15) is 46.5 Å². The van der Waals surface area contributed by atoms with Crippen molar-refractivity contribution in [3.8, 4) is 0 Å². The standard InChI is InChI=1S/C25H24N4O4/c1-4-13-28-21-18(24(31)29-14-9-10-16(3)20(29)26-21)15-19(25(32)33-5-2)22(28)27-23(30)17-11-7-6-8-12-17/h6-12,14-15H,4-5,13H2,1-3H3. The molecule has 3 aromatic heterocycles. The number of fused-ring (bicyclic) bond motifs is 2. The number of esters is 1. The summed E-state index contributed by atoms with van der Waals surface area (Å²) in [5.41, 5.74) is 1.95. The quantitative estimate of drug-likeness (QED) is 0.348. The molecule has 168 valence electrons. The molecule has 0 aliphatic carbocycles. The summed E-state index contributed by atoms with van der Waals surface area (Å²) in [6, 6.07) is 13.7. The van der Waals surface area contributed by atoms with Crippen molar-refractivity contribution in [1.82, 2.24) is 14.0 Å². The molecular weight excluding hydrogens is 420 g/mol. The Hall–Kier alpha value is -4.07. The van der Waals surface area contributed by atoms with Gasteiger partial charge in [0.15, 0.2) is 5.49 Å². The summed E-state index contributed by atoms with van der Waals surface area (Å²) >= 11 is 0. The summed E-state index contributed by atoms with van der Waals surface area (Å²) in [7, 11) is 0. The highest BCUT2D eigenvalue weighted by atomic mass is 16.5. The van der Waals surface area contributed by atoms with Crippen LogP contribution in [0.3, 0.4) is 0 Å². The number of carbonyl (C=O) groups excluding carboxylic acids is 2. The van der Waals surface area contributed by atoms with E-state index < -0.39 is 11.9 Å². The van der Waals surface area contributed by atoms with E-state index in [1.165, 1.54) is 10.5 Å². The monoisotopic (exact) mass is 444 g/mol. The second-order valence-electron chi connectivity index (χ2n) is 7.58. The van der Waals surface area contributed by atoms with Gasteiger partial charge in [0, 0.05) is 18.3 Å². The van der Waals surface area contributed by atoms with Gasteiger partial charge in [-0.2, -0.15) is 4.99 Å². The molecule has 0 aliphatic rings. The van der Waals surface area contributed by atoms with Crippen LogP contribution in [0.2, 0.25) is 0 Å². The minimum absolute atomic E-state index is 0.0496. The van der Waals surface area contributed by atoms with Gasteiger partial charge in [0.05, 0.1) is 12.0 Å². The molecule has 1 aromatic carbocycles. The van der Waals surface area contributed by atoms with Crippen molar-refractivity contribution in [2.24, 2.45) is 4.99 Å². The van der Waals surface area contributed by atoms with Crippen LogP contribution in [-0.4, -0.2) is 32.4 Å². The maximum Gasteiger partial charge on any atom is 0.341 e. The van der Waals surface area contributed by atoms with E-state index in [4.69, 9.17) is 9.72 Å². The van der Waals surface area contributed by atoms with Crippen LogP contribution in [0.25, 0.3) is 16.7 Å². The van der Waals surface area contributed by atoms with Gasteiger partial charge in [0.2, 0.25) is 0 Å². The molecule has 4 rings (SSSR count). The zero-order valence-electron chi connectivity index (χ0n) is 18.7. The Morgan fingerprint density at radius 1 is 1.06 bits per heavy atom. The average molecular weight is 444 g/mol. The van der Waals surface area contributed by atoms with E-state index in [1.807, 2.05) is 19.9 Å². The molecule has 0 saturated carbocycles. The van der Waals surface area contributed by atoms with Gasteiger partial charge >= 0.3 is 5.97 Å². The Labute approximate surface area is 189 Å². The SMILES string of the molecule is CCCn1c(=NC(=O)c2ccccc2)c(C(=O)OCC)cc2c(=O)n3cccc(C)c3nc21. The maximum atomic E-state index is 13.3. The largest absolute Gasteiger partial charge is 0.462 e. The van der Waals surface area contributed by atoms with E-state index in [9.17, 15) is 14.4 Å². The fourth-order valence-corrected chi connectivity index (χ4v) is 3.74. The number of hydrogen-bond donors (Lipinski definition) is 0. The topological polar surface area (TPSA) is 95.0 Å². The summed E-state index contributed by atoms with van der Waals surface area (Å²) < 4.78 is 8.35. The summed E-state index contributed by atoms with van der Waals surface area (Å²) in [4.78, 5) is 48.2. The maximum absolute atomic E-state index is 13.3. The van der Waals surface area contributed by atoms with Gasteiger partial charge in [-0.3, -0.25) is 14.0 Å². The molecule has 3 heterocycles. The predicted molar refractivity (Wildman–Crippen MR) is 124 cm³/mol. The highest BCUT2D eigenvalue weighted by Crippen LogP contribution is 2.14. The first-order valence-corrected chi connectivity index (χ1v) is 10.8. The van der Waals surface area contributed by atoms with Crippen molar-refractivity contribution in [1.29, 1.82) is 0 Å². The normalized spacial score (nSPS) is 11.8. The van der Waals surface area contributed by atoms with E-state index in [2.05, 4.69) is 4.99 Å². The summed E-state index contributed by atoms with van der Waals surface area (Å²) in [6.45, 7) is 6.06. The number of pyridine rings is 2. The fourth-order valence-electron chi connectivity index (χ4n) is 3.74. The molecule has 0 spiro atoms. The first kappa shape index (κ1) is 22.1. The molecule has 4 aromatic rings. The van der Waals surface area contributed by atoms with Crippen LogP contribution in [0.4, 0.5) is 0 Å². The summed E-state index contributed by atoms with van der Waals surface area (Å²) in [5.74, 6) is -1.16. The van der Waals surface area contributed by atoms with Gasteiger partial charge < -0.3 is 9.30 Å². The molecule has 0 saturated heterocycles. The third-order valence-corrected chi connectivity index (χ3v) is 5.28. The van der Waals surface area contributed by atoms with E-state index in [-0.39, 0.29) is 28.6 Å². The van der Waals surface area contributed by atoms with Crippen LogP contribution >= 0.6 is 0 Å². The number of rotatable bonds is 5. The molecule has 1 amide bonds. The molecule has 0 atom stereocenters. The van der Waals surface area contributed by atoms with Gasteiger partial charge in [-0.1, -0.05) is 31.2 Å². The summed E-state index contributed by atoms with van der Waals surface area (Å²) in [6.07, 6.45) is 2.31. The molecule has 0 bridgehead atoms. The zero-order valence-corrected chi connectivity index (χ0v) is 18.7. The van der Waals surface area contributed by atoms with Crippen molar-refractivity contribution in [2.75, 3.05) is 6.61 Å². The Bertz CT molecular complexity index is 1500. The summed E-state index contributed by atoms with van der Waals surface area (Å²) in [5, 5.41) is 0.251. The van der Waals surface area contributed by atoms with Gasteiger partial charge in [0.1, 0.15) is 16.9 Å². The molecule has 0 aliphatic heterocycles. The number of ether oxygens (including phenoxy) is 1. The van der Waals surface area contributed by atoms with Crippen molar-refractivity contribution in [3.63, 3.8) is 0 Å². The molecule has 0 radical (unpaired) electrons. The molecule has 8 nitrogen and oxygen atoms in total. The Kier molecular flexibility index (Phi) is 6.17. The highest BCUT2D eigenvalue weighted by Gasteiger charge is 2.20. The third kappa shape index (κ3) is 4.07. The van der Waals surface area contributed by atoms with Crippen molar-refractivity contribution < 1.29 is 14.3 Å². The van der Waals surface area contributed by atoms with Gasteiger partial charge in [-0.15, -0.1) is 0 Å². The number of nitrogens with zero attached hydrogens (tertiary/aromatic N) is 4. The number of aryl methyl sites for hydroxylation is 2.